The molecule has 320 valence electrons. The van der Waals surface area contributed by atoms with E-state index in [1.54, 1.807) is 0 Å². The van der Waals surface area contributed by atoms with Gasteiger partial charge in [-0.15, -0.1) is 0 Å². The van der Waals surface area contributed by atoms with Gasteiger partial charge < -0.3 is 33.3 Å². The van der Waals surface area contributed by atoms with Crippen LogP contribution in [0, 0.1) is 0 Å². The first-order valence-corrected chi connectivity index (χ1v) is 22.7. The molecule has 0 fully saturated rings. The van der Waals surface area contributed by atoms with E-state index < -0.39 is 24.3 Å². The maximum atomic E-state index is 12.7. The SMILES string of the molecule is CCCCCCCCCCCCCCCCCCCCCCCCCC(=O)OC(COC(=O)CCCCCCCC)COC(OCC[N+](C)(C)C)C(=O)[O-]. The Labute approximate surface area is 332 Å². The first-order chi connectivity index (χ1) is 26.1. The van der Waals surface area contributed by atoms with Gasteiger partial charge in [0.2, 0.25) is 0 Å². The lowest BCUT2D eigenvalue weighted by Crippen LogP contribution is -2.44. The number of nitrogens with zero attached hydrogens (tertiary/aromatic N) is 1. The number of quaternary nitrogens is 1. The Bertz CT molecular complexity index is 861. The molecule has 0 saturated carbocycles. The van der Waals surface area contributed by atoms with Crippen LogP contribution in [0.15, 0.2) is 0 Å². The number of unbranched alkanes of at least 4 members (excludes halogenated alkanes) is 27. The highest BCUT2D eigenvalue weighted by molar-refractivity contribution is 5.70. The van der Waals surface area contributed by atoms with E-state index in [1.165, 1.54) is 141 Å². The van der Waals surface area contributed by atoms with Gasteiger partial charge in [-0.25, -0.2) is 0 Å². The van der Waals surface area contributed by atoms with Crippen LogP contribution in [0.4, 0.5) is 0 Å². The monoisotopic (exact) mass is 770 g/mol. The molecule has 0 aliphatic rings. The number of hydrogen-bond acceptors (Lipinski definition) is 8. The molecule has 0 N–H and O–H groups in total. The van der Waals surface area contributed by atoms with Gasteiger partial charge in [-0.1, -0.05) is 187 Å². The molecule has 0 aromatic rings. The largest absolute Gasteiger partial charge is 0.545 e. The molecular weight excluding hydrogens is 682 g/mol. The van der Waals surface area contributed by atoms with Gasteiger partial charge in [0.1, 0.15) is 13.2 Å². The second-order valence-electron chi connectivity index (χ2n) is 16.7. The number of hydrogen-bond donors (Lipinski definition) is 0. The molecule has 2 unspecified atom stereocenters. The van der Waals surface area contributed by atoms with Crippen molar-refractivity contribution in [2.24, 2.45) is 0 Å². The normalized spacial score (nSPS) is 12.8. The van der Waals surface area contributed by atoms with Crippen LogP contribution in [0.25, 0.3) is 0 Å². The molecule has 54 heavy (non-hydrogen) atoms. The molecule has 0 aliphatic carbocycles. The Hall–Kier alpha value is -1.71. The minimum atomic E-state index is -1.61. The molecule has 0 spiro atoms. The number of ether oxygens (including phenoxy) is 4. The Balaban J connectivity index is 4.13. The van der Waals surface area contributed by atoms with E-state index in [2.05, 4.69) is 13.8 Å². The van der Waals surface area contributed by atoms with Crippen molar-refractivity contribution >= 4 is 17.9 Å². The van der Waals surface area contributed by atoms with Crippen molar-refractivity contribution in [2.45, 2.75) is 225 Å². The molecule has 0 aromatic carbocycles. The number of rotatable bonds is 42. The van der Waals surface area contributed by atoms with E-state index in [4.69, 9.17) is 18.9 Å². The summed E-state index contributed by atoms with van der Waals surface area (Å²) in [7, 11) is 5.91. The Morgan fingerprint density at radius 2 is 0.833 bits per heavy atom. The first kappa shape index (κ1) is 52.3. The molecule has 0 saturated heterocycles. The van der Waals surface area contributed by atoms with Crippen molar-refractivity contribution in [2.75, 3.05) is 47.5 Å². The van der Waals surface area contributed by atoms with Crippen LogP contribution < -0.4 is 5.11 Å². The quantitative estimate of drug-likeness (QED) is 0.0261. The van der Waals surface area contributed by atoms with Crippen molar-refractivity contribution < 1.29 is 42.9 Å². The number of esters is 2. The summed E-state index contributed by atoms with van der Waals surface area (Å²) in [6, 6.07) is 0. The van der Waals surface area contributed by atoms with Crippen LogP contribution in [0.2, 0.25) is 0 Å². The molecule has 0 aliphatic heterocycles. The van der Waals surface area contributed by atoms with Gasteiger partial charge in [-0.3, -0.25) is 9.59 Å². The van der Waals surface area contributed by atoms with E-state index in [0.29, 0.717) is 17.4 Å². The molecule has 0 heterocycles. The average Bonchev–Trinajstić information content (AvgIpc) is 3.12. The Morgan fingerprint density at radius 1 is 0.481 bits per heavy atom. The second-order valence-corrected chi connectivity index (χ2v) is 16.7. The van der Waals surface area contributed by atoms with Gasteiger partial charge in [-0.05, 0) is 12.8 Å². The van der Waals surface area contributed by atoms with Crippen LogP contribution in [-0.4, -0.2) is 82.3 Å². The van der Waals surface area contributed by atoms with Crippen LogP contribution in [0.1, 0.15) is 213 Å². The van der Waals surface area contributed by atoms with Crippen molar-refractivity contribution in [1.82, 2.24) is 0 Å². The van der Waals surface area contributed by atoms with Crippen LogP contribution in [0.5, 0.6) is 0 Å². The van der Waals surface area contributed by atoms with Crippen molar-refractivity contribution in [1.29, 1.82) is 0 Å². The number of aliphatic carboxylic acids is 1. The van der Waals surface area contributed by atoms with Gasteiger partial charge >= 0.3 is 11.9 Å². The zero-order chi connectivity index (χ0) is 40.0. The summed E-state index contributed by atoms with van der Waals surface area (Å²) in [5, 5.41) is 11.6. The standard InChI is InChI=1S/C45H87NO8/c1-6-8-10-12-14-15-16-17-18-19-20-21-22-23-24-25-26-27-28-29-30-32-34-36-43(48)54-41(39-52-42(47)35-33-31-13-11-9-7-2)40-53-45(44(49)50)51-38-37-46(3,4)5/h41,45H,6-40H2,1-5H3. The van der Waals surface area contributed by atoms with Crippen molar-refractivity contribution in [3.63, 3.8) is 0 Å². The fourth-order valence-corrected chi connectivity index (χ4v) is 6.54. The molecule has 0 bridgehead atoms. The Kier molecular flexibility index (Phi) is 37.0. The number of carboxylic acid groups (broad SMARTS) is 1. The predicted octanol–water partition coefficient (Wildman–Crippen LogP) is 10.4. The summed E-state index contributed by atoms with van der Waals surface area (Å²) in [6.07, 6.45) is 34.6. The van der Waals surface area contributed by atoms with E-state index >= 15 is 0 Å². The summed E-state index contributed by atoms with van der Waals surface area (Å²) >= 11 is 0. The lowest BCUT2D eigenvalue weighted by molar-refractivity contribution is -0.870. The Morgan fingerprint density at radius 3 is 1.19 bits per heavy atom. The minimum absolute atomic E-state index is 0.152. The van der Waals surface area contributed by atoms with Crippen molar-refractivity contribution in [3.8, 4) is 0 Å². The topological polar surface area (TPSA) is 111 Å². The molecule has 2 atom stereocenters. The number of carbonyl (C=O) groups excluding carboxylic acids is 3. The third-order valence-electron chi connectivity index (χ3n) is 10.1. The average molecular weight is 770 g/mol. The molecular formula is C45H87NO8. The first-order valence-electron chi connectivity index (χ1n) is 22.7. The van der Waals surface area contributed by atoms with Gasteiger partial charge in [0.25, 0.3) is 0 Å². The predicted molar refractivity (Wildman–Crippen MR) is 219 cm³/mol. The van der Waals surface area contributed by atoms with Gasteiger partial charge in [-0.2, -0.15) is 0 Å². The van der Waals surface area contributed by atoms with Gasteiger partial charge in [0.15, 0.2) is 12.4 Å². The van der Waals surface area contributed by atoms with Crippen LogP contribution in [-0.2, 0) is 33.3 Å². The van der Waals surface area contributed by atoms with E-state index in [0.717, 1.165) is 44.9 Å². The third kappa shape index (κ3) is 38.6. The second kappa shape index (κ2) is 38.2. The molecule has 0 aromatic heterocycles. The maximum Gasteiger partial charge on any atom is 0.306 e. The lowest BCUT2D eigenvalue weighted by atomic mass is 10.0. The van der Waals surface area contributed by atoms with Crippen molar-refractivity contribution in [3.05, 3.63) is 0 Å². The fourth-order valence-electron chi connectivity index (χ4n) is 6.54. The highest BCUT2D eigenvalue weighted by atomic mass is 16.7. The summed E-state index contributed by atoms with van der Waals surface area (Å²) in [5.41, 5.74) is 0. The molecule has 9 nitrogen and oxygen atoms in total. The smallest absolute Gasteiger partial charge is 0.306 e. The fraction of sp³-hybridized carbons (Fsp3) is 0.933. The maximum absolute atomic E-state index is 12.7. The number of carboxylic acids is 1. The zero-order valence-corrected chi connectivity index (χ0v) is 36.1. The van der Waals surface area contributed by atoms with Crippen LogP contribution in [0.3, 0.4) is 0 Å². The molecule has 0 radical (unpaired) electrons. The highest BCUT2D eigenvalue weighted by Crippen LogP contribution is 2.16. The van der Waals surface area contributed by atoms with Crippen LogP contribution >= 0.6 is 0 Å². The van der Waals surface area contributed by atoms with E-state index in [9.17, 15) is 19.5 Å². The molecule has 0 rings (SSSR count). The van der Waals surface area contributed by atoms with E-state index in [-0.39, 0.29) is 32.2 Å². The summed E-state index contributed by atoms with van der Waals surface area (Å²) in [6.45, 7) is 4.70. The number of likely N-dealkylation sites (N-methyl/N-ethyl adjacent to an activating group) is 1. The third-order valence-corrected chi connectivity index (χ3v) is 10.1. The summed E-state index contributed by atoms with van der Waals surface area (Å²) in [4.78, 5) is 36.7. The summed E-state index contributed by atoms with van der Waals surface area (Å²) < 4.78 is 22.4. The van der Waals surface area contributed by atoms with Gasteiger partial charge in [0.05, 0.1) is 40.3 Å². The molecule has 9 heteroatoms. The summed E-state index contributed by atoms with van der Waals surface area (Å²) in [5.74, 6) is -2.28. The minimum Gasteiger partial charge on any atom is -0.545 e. The molecule has 0 amide bonds. The van der Waals surface area contributed by atoms with Gasteiger partial charge in [0, 0.05) is 12.8 Å². The highest BCUT2D eigenvalue weighted by Gasteiger charge is 2.21. The lowest BCUT2D eigenvalue weighted by Gasteiger charge is -2.26. The number of carbonyl (C=O) groups is 3. The van der Waals surface area contributed by atoms with E-state index in [1.807, 2.05) is 21.1 Å². The zero-order valence-electron chi connectivity index (χ0n) is 36.1.